The van der Waals surface area contributed by atoms with Crippen LogP contribution in [0.15, 0.2) is 47.6 Å². The normalized spacial score (nSPS) is 11.2. The third kappa shape index (κ3) is 3.57. The molecule has 1 heterocycles. The minimum absolute atomic E-state index is 0.0958. The van der Waals surface area contributed by atoms with Crippen molar-refractivity contribution in [2.24, 2.45) is 11.1 Å². The molecule has 26 heavy (non-hydrogen) atoms. The largest absolute Gasteiger partial charge is 0.494 e. The van der Waals surface area contributed by atoms with E-state index in [4.69, 9.17) is 4.74 Å². The van der Waals surface area contributed by atoms with Crippen LogP contribution in [0.1, 0.15) is 31.4 Å². The van der Waals surface area contributed by atoms with Gasteiger partial charge in [0.1, 0.15) is 5.75 Å². The van der Waals surface area contributed by atoms with E-state index in [-0.39, 0.29) is 11.6 Å². The van der Waals surface area contributed by atoms with Crippen molar-refractivity contribution >= 4 is 16.6 Å². The van der Waals surface area contributed by atoms with E-state index in [1.54, 1.807) is 4.57 Å². The number of aromatic nitrogens is 1. The number of fused-ring (bicyclic) bond motifs is 1. The van der Waals surface area contributed by atoms with Crippen LogP contribution in [0.5, 0.6) is 11.6 Å². The standard InChI is InChI=1S/C21H24N2O3/c1-14(2)11-12-26-17-9-7-16(8-10-17)13-23-18-6-4-5-15(3)19(18)20(22-25)21(23)24/h4-10,14,24H,11-13H2,1-3H3. The molecule has 2 aromatic carbocycles. The Bertz CT molecular complexity index is 911. The molecule has 136 valence electrons. The smallest absolute Gasteiger partial charge is 0.222 e. The summed E-state index contributed by atoms with van der Waals surface area (Å²) in [6.07, 6.45) is 1.02. The minimum Gasteiger partial charge on any atom is -0.494 e. The molecule has 0 atom stereocenters. The van der Waals surface area contributed by atoms with Crippen molar-refractivity contribution in [2.75, 3.05) is 6.61 Å². The maximum absolute atomic E-state index is 11.2. The van der Waals surface area contributed by atoms with Gasteiger partial charge in [-0.15, -0.1) is 4.91 Å². The van der Waals surface area contributed by atoms with Crippen molar-refractivity contribution in [3.63, 3.8) is 0 Å². The number of rotatable bonds is 7. The maximum Gasteiger partial charge on any atom is 0.222 e. The Morgan fingerprint density at radius 1 is 1.15 bits per heavy atom. The molecular formula is C21H24N2O3. The van der Waals surface area contributed by atoms with Crippen LogP contribution in [-0.4, -0.2) is 16.3 Å². The average molecular weight is 352 g/mol. The molecule has 0 aliphatic carbocycles. The van der Waals surface area contributed by atoms with Crippen LogP contribution in [0.4, 0.5) is 5.69 Å². The molecular weight excluding hydrogens is 328 g/mol. The predicted octanol–water partition coefficient (Wildman–Crippen LogP) is 5.53. The lowest BCUT2D eigenvalue weighted by Gasteiger charge is -2.10. The quantitative estimate of drug-likeness (QED) is 0.569. The molecule has 0 aliphatic heterocycles. The van der Waals surface area contributed by atoms with Gasteiger partial charge in [0, 0.05) is 5.39 Å². The lowest BCUT2D eigenvalue weighted by atomic mass is 10.1. The summed E-state index contributed by atoms with van der Waals surface area (Å²) in [6, 6.07) is 13.5. The van der Waals surface area contributed by atoms with Crippen LogP contribution in [-0.2, 0) is 6.54 Å². The van der Waals surface area contributed by atoms with Crippen LogP contribution < -0.4 is 4.74 Å². The van der Waals surface area contributed by atoms with Crippen LogP contribution in [0.25, 0.3) is 10.9 Å². The Morgan fingerprint density at radius 2 is 1.88 bits per heavy atom. The summed E-state index contributed by atoms with van der Waals surface area (Å²) in [6.45, 7) is 7.40. The van der Waals surface area contributed by atoms with Crippen molar-refractivity contribution in [1.82, 2.24) is 4.57 Å². The summed E-state index contributed by atoms with van der Waals surface area (Å²) in [4.78, 5) is 11.2. The fraction of sp³-hybridized carbons (Fsp3) is 0.333. The van der Waals surface area contributed by atoms with Gasteiger partial charge in [0.05, 0.1) is 18.7 Å². The number of nitrogens with zero attached hydrogens (tertiary/aromatic N) is 2. The van der Waals surface area contributed by atoms with E-state index in [0.717, 1.165) is 28.8 Å². The van der Waals surface area contributed by atoms with Gasteiger partial charge in [-0.05, 0) is 53.8 Å². The summed E-state index contributed by atoms with van der Waals surface area (Å²) in [7, 11) is 0. The summed E-state index contributed by atoms with van der Waals surface area (Å²) in [5.41, 5.74) is 2.83. The summed E-state index contributed by atoms with van der Waals surface area (Å²) >= 11 is 0. The van der Waals surface area contributed by atoms with Crippen LogP contribution >= 0.6 is 0 Å². The molecule has 0 radical (unpaired) electrons. The number of ether oxygens (including phenoxy) is 1. The second kappa shape index (κ2) is 7.60. The van der Waals surface area contributed by atoms with Gasteiger partial charge >= 0.3 is 0 Å². The summed E-state index contributed by atoms with van der Waals surface area (Å²) < 4.78 is 7.46. The van der Waals surface area contributed by atoms with Crippen molar-refractivity contribution in [3.8, 4) is 11.6 Å². The highest BCUT2D eigenvalue weighted by Gasteiger charge is 2.19. The van der Waals surface area contributed by atoms with E-state index < -0.39 is 0 Å². The first-order chi connectivity index (χ1) is 12.5. The van der Waals surface area contributed by atoms with E-state index in [9.17, 15) is 10.0 Å². The Morgan fingerprint density at radius 3 is 2.54 bits per heavy atom. The van der Waals surface area contributed by atoms with Crippen LogP contribution in [0, 0.1) is 17.7 Å². The van der Waals surface area contributed by atoms with Crippen LogP contribution in [0.2, 0.25) is 0 Å². The zero-order valence-electron chi connectivity index (χ0n) is 15.4. The first-order valence-electron chi connectivity index (χ1n) is 8.87. The van der Waals surface area contributed by atoms with E-state index in [1.165, 1.54) is 0 Å². The third-order valence-corrected chi connectivity index (χ3v) is 4.57. The molecule has 3 aromatic rings. The number of nitroso groups, excluding NO2 is 1. The van der Waals surface area contributed by atoms with Gasteiger partial charge in [-0.1, -0.05) is 38.1 Å². The summed E-state index contributed by atoms with van der Waals surface area (Å²) in [5, 5.41) is 14.2. The molecule has 0 aliphatic rings. The lowest BCUT2D eigenvalue weighted by Crippen LogP contribution is -2.02. The predicted molar refractivity (Wildman–Crippen MR) is 104 cm³/mol. The van der Waals surface area contributed by atoms with Crippen molar-refractivity contribution < 1.29 is 9.84 Å². The highest BCUT2D eigenvalue weighted by atomic mass is 16.5. The fourth-order valence-electron chi connectivity index (χ4n) is 3.07. The Kier molecular flexibility index (Phi) is 5.26. The summed E-state index contributed by atoms with van der Waals surface area (Å²) in [5.74, 6) is 1.35. The molecule has 3 rings (SSSR count). The number of hydrogen-bond acceptors (Lipinski definition) is 4. The van der Waals surface area contributed by atoms with Crippen molar-refractivity contribution in [1.29, 1.82) is 0 Å². The van der Waals surface area contributed by atoms with E-state index in [2.05, 4.69) is 19.0 Å². The highest BCUT2D eigenvalue weighted by Crippen LogP contribution is 2.40. The zero-order valence-corrected chi connectivity index (χ0v) is 15.4. The van der Waals surface area contributed by atoms with Gasteiger partial charge in [-0.2, -0.15) is 0 Å². The number of aromatic hydroxyl groups is 1. The topological polar surface area (TPSA) is 63.8 Å². The Hall–Kier alpha value is -2.82. The van der Waals surface area contributed by atoms with Gasteiger partial charge in [-0.3, -0.25) is 0 Å². The monoisotopic (exact) mass is 352 g/mol. The van der Waals surface area contributed by atoms with E-state index in [0.29, 0.717) is 24.5 Å². The Balaban J connectivity index is 1.84. The molecule has 0 unspecified atom stereocenters. The van der Waals surface area contributed by atoms with E-state index in [1.807, 2.05) is 49.4 Å². The number of benzene rings is 2. The first-order valence-corrected chi connectivity index (χ1v) is 8.87. The first kappa shape index (κ1) is 18.0. The molecule has 0 saturated heterocycles. The number of hydrogen-bond donors (Lipinski definition) is 1. The molecule has 5 heteroatoms. The fourth-order valence-corrected chi connectivity index (χ4v) is 3.07. The maximum atomic E-state index is 11.2. The van der Waals surface area contributed by atoms with Gasteiger partial charge in [0.2, 0.25) is 5.88 Å². The van der Waals surface area contributed by atoms with Crippen LogP contribution in [0.3, 0.4) is 0 Å². The highest BCUT2D eigenvalue weighted by molar-refractivity contribution is 5.97. The molecule has 0 bridgehead atoms. The average Bonchev–Trinajstić information content (AvgIpc) is 2.89. The van der Waals surface area contributed by atoms with Gasteiger partial charge < -0.3 is 14.4 Å². The Labute approximate surface area is 153 Å². The SMILES string of the molecule is Cc1cccc2c1c(N=O)c(O)n2Cc1ccc(OCCC(C)C)cc1. The molecule has 0 fully saturated rings. The van der Waals surface area contributed by atoms with Gasteiger partial charge in [0.25, 0.3) is 0 Å². The van der Waals surface area contributed by atoms with Crippen molar-refractivity contribution in [3.05, 3.63) is 58.5 Å². The third-order valence-electron chi connectivity index (χ3n) is 4.57. The van der Waals surface area contributed by atoms with Gasteiger partial charge in [0.15, 0.2) is 5.69 Å². The lowest BCUT2D eigenvalue weighted by molar-refractivity contribution is 0.289. The second-order valence-corrected chi connectivity index (χ2v) is 6.99. The molecule has 1 aromatic heterocycles. The molecule has 0 spiro atoms. The zero-order chi connectivity index (χ0) is 18.7. The van der Waals surface area contributed by atoms with E-state index >= 15 is 0 Å². The molecule has 0 saturated carbocycles. The number of aryl methyl sites for hydroxylation is 1. The molecule has 1 N–H and O–H groups in total. The molecule has 0 amide bonds. The second-order valence-electron chi connectivity index (χ2n) is 6.99. The molecule has 5 nitrogen and oxygen atoms in total. The van der Waals surface area contributed by atoms with Crippen molar-refractivity contribution in [2.45, 2.75) is 33.7 Å². The van der Waals surface area contributed by atoms with Gasteiger partial charge in [-0.25, -0.2) is 0 Å². The minimum atomic E-state index is -0.0958.